The van der Waals surface area contributed by atoms with E-state index in [4.69, 9.17) is 21.1 Å². The Bertz CT molecular complexity index is 123. The summed E-state index contributed by atoms with van der Waals surface area (Å²) in [6, 6.07) is 0. The van der Waals surface area contributed by atoms with Gasteiger partial charge >= 0.3 is 0 Å². The first-order valence-corrected chi connectivity index (χ1v) is 6.23. The van der Waals surface area contributed by atoms with E-state index < -0.39 is 0 Å². The van der Waals surface area contributed by atoms with Crippen LogP contribution in [0.1, 0.15) is 20.3 Å². The van der Waals surface area contributed by atoms with Crippen molar-refractivity contribution in [3.63, 3.8) is 0 Å². The lowest BCUT2D eigenvalue weighted by Crippen LogP contribution is -2.22. The average Bonchev–Trinajstić information content (AvgIpc) is 2.20. The molecule has 0 aromatic heterocycles. The molecular formula is C11H24ClNO2. The van der Waals surface area contributed by atoms with Gasteiger partial charge < -0.3 is 14.8 Å². The van der Waals surface area contributed by atoms with Crippen LogP contribution >= 0.6 is 11.6 Å². The highest BCUT2D eigenvalue weighted by Crippen LogP contribution is 1.91. The predicted octanol–water partition coefficient (Wildman–Crippen LogP) is 1.89. The first-order chi connectivity index (χ1) is 7.27. The fraction of sp³-hybridized carbons (Fsp3) is 1.00. The van der Waals surface area contributed by atoms with Gasteiger partial charge in [0.25, 0.3) is 0 Å². The van der Waals surface area contributed by atoms with Gasteiger partial charge in [-0.15, -0.1) is 11.6 Å². The number of hydrogen-bond acceptors (Lipinski definition) is 3. The molecule has 0 heterocycles. The third-order valence-corrected chi connectivity index (χ3v) is 1.89. The van der Waals surface area contributed by atoms with E-state index in [9.17, 15) is 0 Å². The zero-order chi connectivity index (χ0) is 11.4. The SMILES string of the molecule is CC(C)COCCNCCCOCCCl. The summed E-state index contributed by atoms with van der Waals surface area (Å²) >= 11 is 5.47. The van der Waals surface area contributed by atoms with Gasteiger partial charge in [0.2, 0.25) is 0 Å². The molecule has 0 aromatic rings. The summed E-state index contributed by atoms with van der Waals surface area (Å²) in [6.07, 6.45) is 1.03. The summed E-state index contributed by atoms with van der Waals surface area (Å²) in [5.41, 5.74) is 0. The molecule has 3 nitrogen and oxygen atoms in total. The van der Waals surface area contributed by atoms with Gasteiger partial charge in [-0.1, -0.05) is 13.8 Å². The monoisotopic (exact) mass is 237 g/mol. The van der Waals surface area contributed by atoms with Crippen LogP contribution in [0.4, 0.5) is 0 Å². The second-order valence-electron chi connectivity index (χ2n) is 3.87. The van der Waals surface area contributed by atoms with Crippen molar-refractivity contribution in [3.05, 3.63) is 0 Å². The van der Waals surface area contributed by atoms with Crippen LogP contribution in [0.5, 0.6) is 0 Å². The largest absolute Gasteiger partial charge is 0.380 e. The number of halogens is 1. The van der Waals surface area contributed by atoms with E-state index in [-0.39, 0.29) is 0 Å². The van der Waals surface area contributed by atoms with Crippen molar-refractivity contribution in [2.75, 3.05) is 45.4 Å². The highest BCUT2D eigenvalue weighted by Gasteiger charge is 1.93. The fourth-order valence-corrected chi connectivity index (χ4v) is 1.15. The van der Waals surface area contributed by atoms with Gasteiger partial charge in [-0.25, -0.2) is 0 Å². The zero-order valence-corrected chi connectivity index (χ0v) is 10.7. The molecule has 0 saturated heterocycles. The third kappa shape index (κ3) is 14.2. The molecule has 1 N–H and O–H groups in total. The van der Waals surface area contributed by atoms with Crippen LogP contribution in [0.2, 0.25) is 0 Å². The minimum atomic E-state index is 0.580. The maximum Gasteiger partial charge on any atom is 0.0601 e. The Morgan fingerprint density at radius 2 is 1.87 bits per heavy atom. The van der Waals surface area contributed by atoms with Crippen molar-refractivity contribution in [1.29, 1.82) is 0 Å². The van der Waals surface area contributed by atoms with Crippen LogP contribution in [-0.4, -0.2) is 45.4 Å². The summed E-state index contributed by atoms with van der Waals surface area (Å²) in [5, 5.41) is 3.30. The number of ether oxygens (including phenoxy) is 2. The molecule has 92 valence electrons. The average molecular weight is 238 g/mol. The number of hydrogen-bond donors (Lipinski definition) is 1. The molecule has 0 amide bonds. The second kappa shape index (κ2) is 12.2. The summed E-state index contributed by atoms with van der Waals surface area (Å²) in [7, 11) is 0. The highest BCUT2D eigenvalue weighted by molar-refractivity contribution is 6.17. The standard InChI is InChI=1S/C11H24ClNO2/c1-11(2)10-15-9-6-13-5-3-7-14-8-4-12/h11,13H,3-10H2,1-2H3. The minimum absolute atomic E-state index is 0.580. The van der Waals surface area contributed by atoms with Crippen LogP contribution in [0.3, 0.4) is 0 Å². The molecular weight excluding hydrogens is 214 g/mol. The van der Waals surface area contributed by atoms with Crippen LogP contribution in [0.25, 0.3) is 0 Å². The third-order valence-electron chi connectivity index (χ3n) is 1.74. The smallest absolute Gasteiger partial charge is 0.0601 e. The first-order valence-electron chi connectivity index (χ1n) is 5.69. The molecule has 0 saturated carbocycles. The van der Waals surface area contributed by atoms with Gasteiger partial charge in [0, 0.05) is 25.6 Å². The van der Waals surface area contributed by atoms with Crippen molar-refractivity contribution in [2.45, 2.75) is 20.3 Å². The molecule has 0 spiro atoms. The van der Waals surface area contributed by atoms with Crippen molar-refractivity contribution in [1.82, 2.24) is 5.32 Å². The van der Waals surface area contributed by atoms with Gasteiger partial charge in [0.15, 0.2) is 0 Å². The second-order valence-corrected chi connectivity index (χ2v) is 4.25. The van der Waals surface area contributed by atoms with E-state index in [0.29, 0.717) is 18.4 Å². The summed E-state index contributed by atoms with van der Waals surface area (Å²) in [4.78, 5) is 0. The molecule has 0 rings (SSSR count). The van der Waals surface area contributed by atoms with Crippen molar-refractivity contribution in [3.8, 4) is 0 Å². The van der Waals surface area contributed by atoms with E-state index in [1.54, 1.807) is 0 Å². The zero-order valence-electron chi connectivity index (χ0n) is 9.93. The first kappa shape index (κ1) is 15.2. The van der Waals surface area contributed by atoms with Crippen LogP contribution in [-0.2, 0) is 9.47 Å². The summed E-state index contributed by atoms with van der Waals surface area (Å²) < 4.78 is 10.7. The number of rotatable bonds is 11. The van der Waals surface area contributed by atoms with Crippen molar-refractivity contribution < 1.29 is 9.47 Å². The molecule has 0 aromatic carbocycles. The van der Waals surface area contributed by atoms with Gasteiger partial charge in [-0.2, -0.15) is 0 Å². The van der Waals surface area contributed by atoms with Gasteiger partial charge in [-0.3, -0.25) is 0 Å². The molecule has 0 aliphatic heterocycles. The molecule has 0 aliphatic rings. The lowest BCUT2D eigenvalue weighted by molar-refractivity contribution is 0.110. The molecule has 0 atom stereocenters. The molecule has 0 fully saturated rings. The molecule has 0 bridgehead atoms. The Balaban J connectivity index is 2.87. The number of nitrogens with one attached hydrogen (secondary N) is 1. The highest BCUT2D eigenvalue weighted by atomic mass is 35.5. The van der Waals surface area contributed by atoms with E-state index in [1.165, 1.54) is 0 Å². The maximum atomic E-state index is 5.47. The Morgan fingerprint density at radius 3 is 2.53 bits per heavy atom. The van der Waals surface area contributed by atoms with E-state index in [1.807, 2.05) is 0 Å². The quantitative estimate of drug-likeness (QED) is 0.440. The summed E-state index contributed by atoms with van der Waals surface area (Å²) in [6.45, 7) is 9.28. The molecule has 4 heteroatoms. The molecule has 0 unspecified atom stereocenters. The van der Waals surface area contributed by atoms with Gasteiger partial charge in [0.05, 0.1) is 13.2 Å². The predicted molar refractivity (Wildman–Crippen MR) is 64.7 cm³/mol. The number of alkyl halides is 1. The van der Waals surface area contributed by atoms with Crippen molar-refractivity contribution in [2.24, 2.45) is 5.92 Å². The van der Waals surface area contributed by atoms with Gasteiger partial charge in [-0.05, 0) is 18.9 Å². The van der Waals surface area contributed by atoms with Crippen LogP contribution in [0, 0.1) is 5.92 Å². The maximum absolute atomic E-state index is 5.47. The van der Waals surface area contributed by atoms with Gasteiger partial charge in [0.1, 0.15) is 0 Å². The van der Waals surface area contributed by atoms with Crippen molar-refractivity contribution >= 4 is 11.6 Å². The Labute approximate surface area is 98.5 Å². The molecule has 0 radical (unpaired) electrons. The van der Waals surface area contributed by atoms with Crippen LogP contribution in [0.15, 0.2) is 0 Å². The van der Waals surface area contributed by atoms with E-state index in [2.05, 4.69) is 19.2 Å². The lowest BCUT2D eigenvalue weighted by Gasteiger charge is -2.07. The Hall–Kier alpha value is 0.170. The van der Waals surface area contributed by atoms with Crippen LogP contribution < -0.4 is 5.32 Å². The topological polar surface area (TPSA) is 30.5 Å². The Kier molecular flexibility index (Phi) is 12.4. The normalized spacial score (nSPS) is 11.2. The van der Waals surface area contributed by atoms with E-state index >= 15 is 0 Å². The molecule has 0 aliphatic carbocycles. The lowest BCUT2D eigenvalue weighted by atomic mass is 10.2. The van der Waals surface area contributed by atoms with E-state index in [0.717, 1.165) is 39.3 Å². The summed E-state index contributed by atoms with van der Waals surface area (Å²) in [5.74, 6) is 1.20. The fourth-order valence-electron chi connectivity index (χ4n) is 1.04. The minimum Gasteiger partial charge on any atom is -0.380 e. The Morgan fingerprint density at radius 1 is 1.07 bits per heavy atom. The molecule has 15 heavy (non-hydrogen) atoms.